The molecular weight excluding hydrogens is 616 g/mol. The number of thiazole rings is 1. The number of pyridine rings is 1. The van der Waals surface area contributed by atoms with Gasteiger partial charge in [-0.3, -0.25) is 4.79 Å². The van der Waals surface area contributed by atoms with Crippen LogP contribution in [0.3, 0.4) is 0 Å². The van der Waals surface area contributed by atoms with Gasteiger partial charge in [-0.15, -0.1) is 11.3 Å². The third-order valence-corrected chi connectivity index (χ3v) is 8.93. The van der Waals surface area contributed by atoms with E-state index in [1.807, 2.05) is 10.3 Å². The van der Waals surface area contributed by atoms with E-state index >= 15 is 0 Å². The summed E-state index contributed by atoms with van der Waals surface area (Å²) in [5.74, 6) is 0.199. The average Bonchev–Trinajstić information content (AvgIpc) is 3.56. The Hall–Kier alpha value is -2.18. The van der Waals surface area contributed by atoms with Gasteiger partial charge in [0, 0.05) is 52.6 Å². The minimum absolute atomic E-state index is 0.152. The lowest BCUT2D eigenvalue weighted by molar-refractivity contribution is -0.138. The van der Waals surface area contributed by atoms with E-state index in [-0.39, 0.29) is 23.6 Å². The predicted molar refractivity (Wildman–Crippen MR) is 150 cm³/mol. The van der Waals surface area contributed by atoms with Crippen molar-refractivity contribution in [2.75, 3.05) is 13.1 Å². The average molecular weight is 636 g/mol. The fourth-order valence-electron chi connectivity index (χ4n) is 4.65. The number of rotatable bonds is 5. The normalized spacial score (nSPS) is 18.3. The van der Waals surface area contributed by atoms with Crippen molar-refractivity contribution in [3.8, 4) is 0 Å². The zero-order valence-corrected chi connectivity index (χ0v) is 24.0. The van der Waals surface area contributed by atoms with Crippen LogP contribution in [0.5, 0.6) is 0 Å². The van der Waals surface area contributed by atoms with Gasteiger partial charge in [0.1, 0.15) is 11.3 Å². The highest BCUT2D eigenvalue weighted by Gasteiger charge is 2.35. The Balaban J connectivity index is 1.19. The molecule has 0 aliphatic carbocycles. The first-order valence-electron chi connectivity index (χ1n) is 11.9. The first-order chi connectivity index (χ1) is 18.5. The molecule has 1 saturated heterocycles. The Kier molecular flexibility index (Phi) is 8.26. The van der Waals surface area contributed by atoms with Crippen molar-refractivity contribution in [1.29, 1.82) is 0 Å². The highest BCUT2D eigenvalue weighted by atomic mass is 35.5. The Morgan fingerprint density at radius 2 is 1.87 bits per heavy atom. The summed E-state index contributed by atoms with van der Waals surface area (Å²) in [7, 11) is 0. The Bertz CT molecular complexity index is 1480. The smallest absolute Gasteiger partial charge is 0.387 e. The number of likely N-dealkylation sites (tertiary alicyclic amines) is 1. The number of halogens is 6. The van der Waals surface area contributed by atoms with Gasteiger partial charge in [0.05, 0.1) is 27.3 Å². The molecule has 4 heterocycles. The van der Waals surface area contributed by atoms with Gasteiger partial charge in [-0.05, 0) is 31.0 Å². The molecule has 1 unspecified atom stereocenters. The lowest BCUT2D eigenvalue weighted by Gasteiger charge is -2.33. The number of piperidine rings is 1. The van der Waals surface area contributed by atoms with Gasteiger partial charge >= 0.3 is 6.18 Å². The first kappa shape index (κ1) is 28.4. The van der Waals surface area contributed by atoms with Crippen molar-refractivity contribution < 1.29 is 18.0 Å². The maximum absolute atomic E-state index is 13.2. The van der Waals surface area contributed by atoms with Crippen molar-refractivity contribution in [3.63, 3.8) is 0 Å². The molecule has 3 aromatic rings. The van der Waals surface area contributed by atoms with Gasteiger partial charge in [0.15, 0.2) is 6.10 Å². The Morgan fingerprint density at radius 1 is 1.18 bits per heavy atom. The van der Waals surface area contributed by atoms with Gasteiger partial charge in [-0.1, -0.05) is 58.2 Å². The molecule has 2 aromatic heterocycles. The first-order valence-corrected chi connectivity index (χ1v) is 14.3. The van der Waals surface area contributed by atoms with E-state index in [9.17, 15) is 18.0 Å². The second kappa shape index (κ2) is 11.4. The molecule has 39 heavy (non-hydrogen) atoms. The number of alkyl halides is 3. The van der Waals surface area contributed by atoms with Gasteiger partial charge in [0.2, 0.25) is 0 Å². The Morgan fingerprint density at radius 3 is 2.54 bits per heavy atom. The van der Waals surface area contributed by atoms with Crippen LogP contribution in [0.15, 0.2) is 45.8 Å². The van der Waals surface area contributed by atoms with E-state index in [0.717, 1.165) is 33.8 Å². The third kappa shape index (κ3) is 6.12. The van der Waals surface area contributed by atoms with Crippen molar-refractivity contribution in [3.05, 3.63) is 83.1 Å². The maximum atomic E-state index is 13.2. The molecule has 1 fully saturated rings. The lowest BCUT2D eigenvalue weighted by Crippen LogP contribution is -2.40. The summed E-state index contributed by atoms with van der Waals surface area (Å²) in [6, 6.07) is 5.93. The molecule has 0 saturated carbocycles. The number of thiocarbonyl (C=S) groups is 1. The molecule has 0 spiro atoms. The number of aromatic nitrogens is 2. The summed E-state index contributed by atoms with van der Waals surface area (Å²) < 4.78 is 40.5. The summed E-state index contributed by atoms with van der Waals surface area (Å²) in [4.78, 5) is 25.1. The summed E-state index contributed by atoms with van der Waals surface area (Å²) in [6.45, 7) is 1.04. The molecule has 14 heteroatoms. The van der Waals surface area contributed by atoms with Gasteiger partial charge < -0.3 is 14.3 Å². The van der Waals surface area contributed by atoms with Crippen LogP contribution < -0.4 is 5.56 Å². The molecular formula is C25H20Cl3F3N4O2S2. The quantitative estimate of drug-likeness (QED) is 0.274. The zero-order valence-electron chi connectivity index (χ0n) is 20.1. The minimum Gasteiger partial charge on any atom is -0.387 e. The molecule has 1 atom stereocenters. The molecule has 206 valence electrons. The molecule has 6 nitrogen and oxygen atoms in total. The molecule has 2 aliphatic heterocycles. The van der Waals surface area contributed by atoms with E-state index in [2.05, 4.69) is 5.16 Å². The summed E-state index contributed by atoms with van der Waals surface area (Å²) in [6.07, 6.45) is -1.99. The third-order valence-electron chi connectivity index (χ3n) is 6.67. The topological polar surface area (TPSA) is 59.7 Å². The highest BCUT2D eigenvalue weighted by Crippen LogP contribution is 2.39. The van der Waals surface area contributed by atoms with E-state index in [4.69, 9.17) is 56.8 Å². The predicted octanol–water partition coefficient (Wildman–Crippen LogP) is 7.36. The van der Waals surface area contributed by atoms with Crippen LogP contribution in [0.25, 0.3) is 0 Å². The van der Waals surface area contributed by atoms with Crippen molar-refractivity contribution in [1.82, 2.24) is 14.5 Å². The second-order valence-corrected chi connectivity index (χ2v) is 11.8. The van der Waals surface area contributed by atoms with E-state index < -0.39 is 17.3 Å². The van der Waals surface area contributed by atoms with Gasteiger partial charge in [-0.25, -0.2) is 4.98 Å². The molecule has 0 bridgehead atoms. The molecule has 5 rings (SSSR count). The summed E-state index contributed by atoms with van der Waals surface area (Å²) in [5.41, 5.74) is -0.304. The SMILES string of the molecule is O=c1c(C(F)(F)F)cc(Cl)cn1CC(=S)N1CCC(c2nc(C3=NOC(c4c(Cl)cccc4Cl)C3)cs2)CC1. The van der Waals surface area contributed by atoms with Crippen molar-refractivity contribution in [2.24, 2.45) is 5.16 Å². The van der Waals surface area contributed by atoms with Crippen LogP contribution in [0.2, 0.25) is 15.1 Å². The van der Waals surface area contributed by atoms with Crippen LogP contribution in [-0.2, 0) is 17.6 Å². The van der Waals surface area contributed by atoms with Crippen LogP contribution in [0.1, 0.15) is 53.1 Å². The van der Waals surface area contributed by atoms with Crippen LogP contribution >= 0.6 is 58.4 Å². The molecule has 1 aromatic carbocycles. The van der Waals surface area contributed by atoms with Gasteiger partial charge in [0.25, 0.3) is 5.56 Å². The lowest BCUT2D eigenvalue weighted by atomic mass is 9.97. The maximum Gasteiger partial charge on any atom is 0.421 e. The van der Waals surface area contributed by atoms with E-state index in [0.29, 0.717) is 46.2 Å². The monoisotopic (exact) mass is 634 g/mol. The Labute approximate surface area is 245 Å². The minimum atomic E-state index is -4.80. The van der Waals surface area contributed by atoms with Crippen LogP contribution in [0, 0.1) is 0 Å². The highest BCUT2D eigenvalue weighted by molar-refractivity contribution is 7.80. The fourth-order valence-corrected chi connectivity index (χ4v) is 6.84. The number of oxime groups is 1. The van der Waals surface area contributed by atoms with Crippen molar-refractivity contribution >= 4 is 69.1 Å². The number of hydrogen-bond acceptors (Lipinski definition) is 6. The largest absolute Gasteiger partial charge is 0.421 e. The summed E-state index contributed by atoms with van der Waals surface area (Å²) >= 11 is 25.5. The molecule has 0 N–H and O–H groups in total. The second-order valence-electron chi connectivity index (χ2n) is 9.20. The molecule has 0 amide bonds. The number of hydrogen-bond donors (Lipinski definition) is 0. The van der Waals surface area contributed by atoms with E-state index in [1.54, 1.807) is 29.5 Å². The molecule has 0 radical (unpaired) electrons. The van der Waals surface area contributed by atoms with E-state index in [1.165, 1.54) is 6.20 Å². The standard InChI is InChI=1S/C25H20Cl3F3N4O2S2/c26-14-8-15(25(29,30)31)24(36)35(10-14)11-21(38)34-6-4-13(5-7-34)23-32-19(12-39-23)18-9-20(37-33-18)22-16(27)2-1-3-17(22)28/h1-3,8,10,12-13,20H,4-7,9,11H2. The number of nitrogens with zero attached hydrogens (tertiary/aromatic N) is 4. The summed E-state index contributed by atoms with van der Waals surface area (Å²) in [5, 5.41) is 8.01. The van der Waals surface area contributed by atoms with Crippen LogP contribution in [-0.4, -0.2) is 38.2 Å². The molecule has 2 aliphatic rings. The fraction of sp³-hybridized carbons (Fsp3) is 0.360. The van der Waals surface area contributed by atoms with Crippen molar-refractivity contribution in [2.45, 2.75) is 44.0 Å². The zero-order chi connectivity index (χ0) is 27.9. The van der Waals surface area contributed by atoms with Gasteiger partial charge in [-0.2, -0.15) is 13.2 Å². The van der Waals surface area contributed by atoms with Crippen LogP contribution in [0.4, 0.5) is 13.2 Å². The number of benzene rings is 1.